The molecule has 3 aromatic rings. The van der Waals surface area contributed by atoms with E-state index in [4.69, 9.17) is 14.5 Å². The molecule has 2 aromatic carbocycles. The van der Waals surface area contributed by atoms with Gasteiger partial charge in [-0.2, -0.15) is 0 Å². The van der Waals surface area contributed by atoms with Crippen LogP contribution < -0.4 is 5.32 Å². The van der Waals surface area contributed by atoms with Gasteiger partial charge in [0.25, 0.3) is 0 Å². The molecule has 1 N–H and O–H groups in total. The molecule has 0 spiro atoms. The number of nitrogens with zero attached hydrogens (tertiary/aromatic N) is 2. The first-order valence-electron chi connectivity index (χ1n) is 14.3. The molecule has 39 heavy (non-hydrogen) atoms. The lowest BCUT2D eigenvalue weighted by Gasteiger charge is -2.19. The summed E-state index contributed by atoms with van der Waals surface area (Å²) >= 11 is 0. The van der Waals surface area contributed by atoms with Crippen LogP contribution in [0.3, 0.4) is 0 Å². The smallest absolute Gasteiger partial charge is 0.323 e. The van der Waals surface area contributed by atoms with Crippen LogP contribution in [-0.2, 0) is 39.1 Å². The van der Waals surface area contributed by atoms with E-state index in [1.807, 2.05) is 76.3 Å². The lowest BCUT2D eigenvalue weighted by Crippen LogP contribution is -2.39. The van der Waals surface area contributed by atoms with Crippen molar-refractivity contribution in [2.45, 2.75) is 96.8 Å². The van der Waals surface area contributed by atoms with Gasteiger partial charge in [0.15, 0.2) is 0 Å². The Morgan fingerprint density at radius 1 is 0.923 bits per heavy atom. The summed E-state index contributed by atoms with van der Waals surface area (Å²) in [6.07, 6.45) is 7.95. The van der Waals surface area contributed by atoms with Gasteiger partial charge in [-0.25, -0.2) is 4.98 Å². The zero-order chi connectivity index (χ0) is 28.1. The normalized spacial score (nSPS) is 12.4. The Morgan fingerprint density at radius 2 is 1.59 bits per heavy atom. The molecule has 0 radical (unpaired) electrons. The van der Waals surface area contributed by atoms with Crippen molar-refractivity contribution in [3.05, 3.63) is 66.0 Å². The van der Waals surface area contributed by atoms with Crippen molar-refractivity contribution in [3.8, 4) is 0 Å². The second-order valence-electron chi connectivity index (χ2n) is 11.2. The highest BCUT2D eigenvalue weighted by Gasteiger charge is 2.21. The largest absolute Gasteiger partial charge is 0.460 e. The van der Waals surface area contributed by atoms with E-state index >= 15 is 0 Å². The average molecular weight is 536 g/mol. The molecule has 0 saturated heterocycles. The Hall–Kier alpha value is -3.19. The van der Waals surface area contributed by atoms with Crippen LogP contribution in [0.4, 0.5) is 0 Å². The molecule has 7 nitrogen and oxygen atoms in total. The van der Waals surface area contributed by atoms with E-state index in [0.29, 0.717) is 19.3 Å². The van der Waals surface area contributed by atoms with Gasteiger partial charge in [-0.1, -0.05) is 68.1 Å². The number of unbranched alkanes of at least 4 members (excludes halogenated alkanes) is 5. The molecule has 0 saturated carbocycles. The fourth-order valence-corrected chi connectivity index (χ4v) is 4.60. The topological polar surface area (TPSA) is 82.5 Å². The molecule has 0 bridgehead atoms. The molecular weight excluding hydrogens is 490 g/mol. The lowest BCUT2D eigenvalue weighted by atomic mass is 10.1. The summed E-state index contributed by atoms with van der Waals surface area (Å²) in [5, 5.41) is 3.45. The number of ether oxygens (including phenoxy) is 2. The third-order valence-electron chi connectivity index (χ3n) is 6.66. The molecule has 0 aliphatic carbocycles. The Kier molecular flexibility index (Phi) is 12.0. The van der Waals surface area contributed by atoms with E-state index in [0.717, 1.165) is 67.5 Å². The number of aryl methyl sites for hydroxylation is 2. The fourth-order valence-electron chi connectivity index (χ4n) is 4.60. The third-order valence-corrected chi connectivity index (χ3v) is 6.66. The summed E-state index contributed by atoms with van der Waals surface area (Å²) in [7, 11) is 2.02. The van der Waals surface area contributed by atoms with Crippen LogP contribution in [0.5, 0.6) is 0 Å². The second kappa shape index (κ2) is 15.4. The zero-order valence-corrected chi connectivity index (χ0v) is 24.1. The minimum Gasteiger partial charge on any atom is -0.460 e. The first-order chi connectivity index (χ1) is 18.7. The van der Waals surface area contributed by atoms with Crippen molar-refractivity contribution in [1.29, 1.82) is 0 Å². The summed E-state index contributed by atoms with van der Waals surface area (Å²) < 4.78 is 13.1. The molecule has 1 atom stereocenters. The van der Waals surface area contributed by atoms with E-state index in [1.54, 1.807) is 0 Å². The van der Waals surface area contributed by atoms with Crippen LogP contribution in [0.2, 0.25) is 0 Å². The van der Waals surface area contributed by atoms with Crippen molar-refractivity contribution >= 4 is 23.0 Å². The molecule has 1 heterocycles. The monoisotopic (exact) mass is 535 g/mol. The van der Waals surface area contributed by atoms with E-state index in [2.05, 4.69) is 16.0 Å². The highest BCUT2D eigenvalue weighted by atomic mass is 16.6. The van der Waals surface area contributed by atoms with Gasteiger partial charge in [0.1, 0.15) is 24.1 Å². The first kappa shape index (κ1) is 30.4. The van der Waals surface area contributed by atoms with Gasteiger partial charge in [0.2, 0.25) is 0 Å². The predicted octanol–water partition coefficient (Wildman–Crippen LogP) is 6.28. The van der Waals surface area contributed by atoms with Crippen LogP contribution in [0.15, 0.2) is 54.6 Å². The minimum atomic E-state index is -0.415. The molecule has 0 aliphatic heterocycles. The second-order valence-corrected chi connectivity index (χ2v) is 11.2. The fraction of sp³-hybridized carbons (Fsp3) is 0.531. The summed E-state index contributed by atoms with van der Waals surface area (Å²) in [5.41, 5.74) is 2.63. The maximum atomic E-state index is 13.0. The van der Waals surface area contributed by atoms with Gasteiger partial charge in [0, 0.05) is 19.9 Å². The SMILES string of the molecule is Cn1c(CC[C@H](NCCCCCCCCC(=O)OC(C)(C)C)C(=O)OCc2ccccc2)nc2ccccc21. The van der Waals surface area contributed by atoms with Crippen LogP contribution >= 0.6 is 0 Å². The number of hydrogen-bond acceptors (Lipinski definition) is 6. The number of carbonyl (C=O) groups is 2. The number of benzene rings is 2. The van der Waals surface area contributed by atoms with Crippen molar-refractivity contribution < 1.29 is 19.1 Å². The summed E-state index contributed by atoms with van der Waals surface area (Å²) in [6.45, 7) is 6.71. The van der Waals surface area contributed by atoms with E-state index in [1.165, 1.54) is 0 Å². The quantitative estimate of drug-likeness (QED) is 0.172. The number of carbonyl (C=O) groups excluding carboxylic acids is 2. The Labute approximate surface area is 233 Å². The number of fused-ring (bicyclic) bond motifs is 1. The van der Waals surface area contributed by atoms with Crippen molar-refractivity contribution in [2.75, 3.05) is 6.54 Å². The average Bonchev–Trinajstić information content (AvgIpc) is 3.23. The van der Waals surface area contributed by atoms with Gasteiger partial charge >= 0.3 is 11.9 Å². The maximum absolute atomic E-state index is 13.0. The standard InChI is InChI=1S/C32H45N3O4/c1-32(2,3)39-30(36)20-12-7-5-6-8-15-23-33-27(31(37)38-24-25-16-10-9-11-17-25)21-22-29-34-26-18-13-14-19-28(26)35(29)4/h9-11,13-14,16-19,27,33H,5-8,12,15,20-24H2,1-4H3/t27-/m0/s1. The lowest BCUT2D eigenvalue weighted by molar-refractivity contribution is -0.155. The summed E-state index contributed by atoms with van der Waals surface area (Å²) in [4.78, 5) is 29.6. The highest BCUT2D eigenvalue weighted by Crippen LogP contribution is 2.17. The summed E-state index contributed by atoms with van der Waals surface area (Å²) in [5.74, 6) is 0.625. The number of para-hydroxylation sites is 2. The minimum absolute atomic E-state index is 0.115. The molecule has 1 aromatic heterocycles. The third kappa shape index (κ3) is 10.8. The van der Waals surface area contributed by atoms with Gasteiger partial charge in [-0.15, -0.1) is 0 Å². The number of hydrogen-bond donors (Lipinski definition) is 1. The van der Waals surface area contributed by atoms with Crippen LogP contribution in [0, 0.1) is 0 Å². The maximum Gasteiger partial charge on any atom is 0.323 e. The van der Waals surface area contributed by atoms with Gasteiger partial charge in [-0.3, -0.25) is 9.59 Å². The van der Waals surface area contributed by atoms with Gasteiger partial charge < -0.3 is 19.4 Å². The van der Waals surface area contributed by atoms with Crippen LogP contribution in [0.25, 0.3) is 11.0 Å². The predicted molar refractivity (Wildman–Crippen MR) is 155 cm³/mol. The molecular formula is C32H45N3O4. The van der Waals surface area contributed by atoms with Crippen molar-refractivity contribution in [3.63, 3.8) is 0 Å². The molecule has 3 rings (SSSR count). The molecule has 0 fully saturated rings. The molecule has 0 amide bonds. The number of esters is 2. The van der Waals surface area contributed by atoms with Gasteiger partial charge in [0.05, 0.1) is 11.0 Å². The zero-order valence-electron chi connectivity index (χ0n) is 24.1. The Balaban J connectivity index is 1.42. The Morgan fingerprint density at radius 3 is 2.31 bits per heavy atom. The van der Waals surface area contributed by atoms with E-state index in [9.17, 15) is 9.59 Å². The van der Waals surface area contributed by atoms with E-state index in [-0.39, 0.29) is 24.6 Å². The van der Waals surface area contributed by atoms with Crippen molar-refractivity contribution in [2.24, 2.45) is 7.05 Å². The molecule has 7 heteroatoms. The number of aromatic nitrogens is 2. The summed E-state index contributed by atoms with van der Waals surface area (Å²) in [6, 6.07) is 17.5. The molecule has 0 aliphatic rings. The van der Waals surface area contributed by atoms with Crippen molar-refractivity contribution in [1.82, 2.24) is 14.9 Å². The Bertz CT molecular complexity index is 1170. The van der Waals surface area contributed by atoms with Crippen LogP contribution in [-0.4, -0.2) is 39.7 Å². The number of rotatable bonds is 16. The number of imidazole rings is 1. The highest BCUT2D eigenvalue weighted by molar-refractivity contribution is 5.76. The van der Waals surface area contributed by atoms with Gasteiger partial charge in [-0.05, 0) is 64.3 Å². The van der Waals surface area contributed by atoms with Crippen LogP contribution in [0.1, 0.15) is 83.5 Å². The molecule has 212 valence electrons. The first-order valence-corrected chi connectivity index (χ1v) is 14.3. The molecule has 0 unspecified atom stereocenters. The number of nitrogens with one attached hydrogen (secondary N) is 1. The van der Waals surface area contributed by atoms with E-state index < -0.39 is 5.60 Å².